The summed E-state index contributed by atoms with van der Waals surface area (Å²) in [6.45, 7) is 4.02. The monoisotopic (exact) mass is 360 g/mol. The van der Waals surface area contributed by atoms with E-state index in [1.54, 1.807) is 38.1 Å². The van der Waals surface area contributed by atoms with Crippen molar-refractivity contribution in [3.8, 4) is 0 Å². The molecule has 0 saturated heterocycles. The molecule has 0 aliphatic rings. The van der Waals surface area contributed by atoms with Crippen molar-refractivity contribution in [2.75, 3.05) is 13.1 Å². The first-order valence-electron chi connectivity index (χ1n) is 8.34. The average Bonchev–Trinajstić information content (AvgIpc) is 2.59. The summed E-state index contributed by atoms with van der Waals surface area (Å²) in [6, 6.07) is 11.6. The maximum atomic E-state index is 13.1. The zero-order valence-corrected chi connectivity index (χ0v) is 14.8. The van der Waals surface area contributed by atoms with Gasteiger partial charge in [0.15, 0.2) is 0 Å². The van der Waals surface area contributed by atoms with Gasteiger partial charge < -0.3 is 10.6 Å². The van der Waals surface area contributed by atoms with Gasteiger partial charge in [0.05, 0.1) is 11.8 Å². The summed E-state index contributed by atoms with van der Waals surface area (Å²) in [6.07, 6.45) is 0.0762. The highest BCUT2D eigenvalue weighted by Gasteiger charge is 2.29. The Kier molecular flexibility index (Phi) is 6.44. The molecule has 0 radical (unpaired) electrons. The van der Waals surface area contributed by atoms with Crippen LogP contribution in [0.15, 0.2) is 48.5 Å². The van der Waals surface area contributed by atoms with Crippen molar-refractivity contribution in [1.82, 2.24) is 10.6 Å². The summed E-state index contributed by atoms with van der Waals surface area (Å²) >= 11 is 0. The van der Waals surface area contributed by atoms with Crippen LogP contribution in [-0.4, -0.2) is 24.9 Å². The Bertz CT molecular complexity index is 774. The van der Waals surface area contributed by atoms with Gasteiger partial charge in [-0.25, -0.2) is 8.78 Å². The molecule has 26 heavy (non-hydrogen) atoms. The molecule has 138 valence electrons. The summed E-state index contributed by atoms with van der Waals surface area (Å²) < 4.78 is 26.1. The van der Waals surface area contributed by atoms with Gasteiger partial charge >= 0.3 is 0 Å². The molecule has 0 saturated carbocycles. The quantitative estimate of drug-likeness (QED) is 0.746. The van der Waals surface area contributed by atoms with E-state index in [1.807, 2.05) is 0 Å². The van der Waals surface area contributed by atoms with Gasteiger partial charge in [0, 0.05) is 13.1 Å². The zero-order valence-electron chi connectivity index (χ0n) is 14.8. The highest BCUT2D eigenvalue weighted by molar-refractivity contribution is 5.87. The van der Waals surface area contributed by atoms with Crippen LogP contribution in [0.1, 0.15) is 25.0 Å². The van der Waals surface area contributed by atoms with Crippen molar-refractivity contribution < 1.29 is 18.4 Å². The number of benzene rings is 2. The van der Waals surface area contributed by atoms with Crippen LogP contribution in [0.25, 0.3) is 0 Å². The lowest BCUT2D eigenvalue weighted by Gasteiger charge is -2.24. The molecule has 2 aromatic rings. The predicted octanol–water partition coefficient (Wildman–Crippen LogP) is 2.72. The third-order valence-corrected chi connectivity index (χ3v) is 4.12. The Morgan fingerprint density at radius 3 is 2.23 bits per heavy atom. The lowest BCUT2D eigenvalue weighted by molar-refractivity contribution is -0.126. The predicted molar refractivity (Wildman–Crippen MR) is 95.5 cm³/mol. The molecule has 0 fully saturated rings. The lowest BCUT2D eigenvalue weighted by atomic mass is 9.84. The third kappa shape index (κ3) is 5.37. The second-order valence-electron chi connectivity index (χ2n) is 6.54. The topological polar surface area (TPSA) is 58.2 Å². The first-order chi connectivity index (χ1) is 12.3. The Morgan fingerprint density at radius 1 is 0.923 bits per heavy atom. The SMILES string of the molecule is CC(C)(C(=O)NCCNC(=O)Cc1cccc(F)c1)c1ccc(F)cc1. The second-order valence-corrected chi connectivity index (χ2v) is 6.54. The number of carbonyl (C=O) groups is 2. The largest absolute Gasteiger partial charge is 0.354 e. The van der Waals surface area contributed by atoms with Crippen LogP contribution in [-0.2, 0) is 21.4 Å². The minimum Gasteiger partial charge on any atom is -0.354 e. The highest BCUT2D eigenvalue weighted by atomic mass is 19.1. The minimum absolute atomic E-state index is 0.0762. The molecule has 0 spiro atoms. The Hall–Kier alpha value is -2.76. The minimum atomic E-state index is -0.820. The Balaban J connectivity index is 1.77. The number of amides is 2. The van der Waals surface area contributed by atoms with Gasteiger partial charge in [0.25, 0.3) is 0 Å². The molecule has 2 amide bonds. The van der Waals surface area contributed by atoms with Crippen molar-refractivity contribution in [3.63, 3.8) is 0 Å². The molecule has 0 aromatic heterocycles. The fourth-order valence-corrected chi connectivity index (χ4v) is 2.49. The van der Waals surface area contributed by atoms with Crippen LogP contribution in [0.2, 0.25) is 0 Å². The molecule has 2 aromatic carbocycles. The number of halogens is 2. The molecule has 4 nitrogen and oxygen atoms in total. The van der Waals surface area contributed by atoms with Gasteiger partial charge in [-0.05, 0) is 49.2 Å². The van der Waals surface area contributed by atoms with Gasteiger partial charge in [-0.1, -0.05) is 24.3 Å². The van der Waals surface area contributed by atoms with E-state index in [1.165, 1.54) is 24.3 Å². The van der Waals surface area contributed by atoms with E-state index in [0.29, 0.717) is 11.1 Å². The number of hydrogen-bond acceptors (Lipinski definition) is 2. The summed E-state index contributed by atoms with van der Waals surface area (Å²) in [5.41, 5.74) is 0.467. The van der Waals surface area contributed by atoms with Crippen LogP contribution >= 0.6 is 0 Å². The van der Waals surface area contributed by atoms with Crippen LogP contribution in [0.5, 0.6) is 0 Å². The van der Waals surface area contributed by atoms with E-state index < -0.39 is 5.41 Å². The van der Waals surface area contributed by atoms with Crippen molar-refractivity contribution in [3.05, 3.63) is 71.3 Å². The van der Waals surface area contributed by atoms with E-state index in [4.69, 9.17) is 0 Å². The molecule has 2 rings (SSSR count). The van der Waals surface area contributed by atoms with Crippen molar-refractivity contribution in [1.29, 1.82) is 0 Å². The number of rotatable bonds is 7. The third-order valence-electron chi connectivity index (χ3n) is 4.12. The normalized spacial score (nSPS) is 11.1. The van der Waals surface area contributed by atoms with Gasteiger partial charge in [-0.3, -0.25) is 9.59 Å². The molecular weight excluding hydrogens is 338 g/mol. The van der Waals surface area contributed by atoms with Crippen LogP contribution in [0.3, 0.4) is 0 Å². The standard InChI is InChI=1S/C20H22F2N2O2/c1-20(2,15-6-8-16(21)9-7-15)19(26)24-11-10-23-18(25)13-14-4-3-5-17(22)12-14/h3-9,12H,10-11,13H2,1-2H3,(H,23,25)(H,24,26). The van der Waals surface area contributed by atoms with Crippen molar-refractivity contribution in [2.45, 2.75) is 25.7 Å². The van der Waals surface area contributed by atoms with E-state index in [9.17, 15) is 18.4 Å². The van der Waals surface area contributed by atoms with Gasteiger partial charge in [0.2, 0.25) is 11.8 Å². The molecular formula is C20H22F2N2O2. The van der Waals surface area contributed by atoms with Crippen molar-refractivity contribution >= 4 is 11.8 Å². The number of nitrogens with one attached hydrogen (secondary N) is 2. The van der Waals surface area contributed by atoms with Gasteiger partial charge in [-0.2, -0.15) is 0 Å². The van der Waals surface area contributed by atoms with E-state index >= 15 is 0 Å². The number of hydrogen-bond donors (Lipinski definition) is 2. The maximum absolute atomic E-state index is 13.1. The smallest absolute Gasteiger partial charge is 0.230 e. The highest BCUT2D eigenvalue weighted by Crippen LogP contribution is 2.23. The first kappa shape index (κ1) is 19.6. The zero-order chi connectivity index (χ0) is 19.2. The van der Waals surface area contributed by atoms with E-state index in [-0.39, 0.29) is 43.0 Å². The van der Waals surface area contributed by atoms with Crippen LogP contribution < -0.4 is 10.6 Å². The van der Waals surface area contributed by atoms with Gasteiger partial charge in [-0.15, -0.1) is 0 Å². The molecule has 2 N–H and O–H groups in total. The summed E-state index contributed by atoms with van der Waals surface area (Å²) in [7, 11) is 0. The Morgan fingerprint density at radius 2 is 1.58 bits per heavy atom. The molecule has 0 atom stereocenters. The van der Waals surface area contributed by atoms with E-state index in [2.05, 4.69) is 10.6 Å². The fraction of sp³-hybridized carbons (Fsp3) is 0.300. The van der Waals surface area contributed by atoms with Crippen LogP contribution in [0, 0.1) is 11.6 Å². The summed E-state index contributed by atoms with van der Waals surface area (Å²) in [5.74, 6) is -1.21. The lowest BCUT2D eigenvalue weighted by Crippen LogP contribution is -2.43. The maximum Gasteiger partial charge on any atom is 0.230 e. The fourth-order valence-electron chi connectivity index (χ4n) is 2.49. The second kappa shape index (κ2) is 8.56. The molecule has 0 aliphatic heterocycles. The first-order valence-corrected chi connectivity index (χ1v) is 8.34. The average molecular weight is 360 g/mol. The summed E-state index contributed by atoms with van der Waals surface area (Å²) in [5, 5.41) is 5.44. The number of carbonyl (C=O) groups excluding carboxylic acids is 2. The Labute approximate surface area is 151 Å². The molecule has 6 heteroatoms. The van der Waals surface area contributed by atoms with E-state index in [0.717, 1.165) is 0 Å². The van der Waals surface area contributed by atoms with Gasteiger partial charge in [0.1, 0.15) is 11.6 Å². The molecule has 0 aliphatic carbocycles. The van der Waals surface area contributed by atoms with Crippen LogP contribution in [0.4, 0.5) is 8.78 Å². The molecule has 0 unspecified atom stereocenters. The molecule has 0 bridgehead atoms. The van der Waals surface area contributed by atoms with Crippen molar-refractivity contribution in [2.24, 2.45) is 0 Å². The molecule has 0 heterocycles. The summed E-state index contributed by atoms with van der Waals surface area (Å²) in [4.78, 5) is 24.2.